The minimum Gasteiger partial charge on any atom is -0.355 e. The smallest absolute Gasteiger partial charge is 0.226 e. The summed E-state index contributed by atoms with van der Waals surface area (Å²) >= 11 is 1.54. The number of amides is 2. The Labute approximate surface area is 175 Å². The lowest BCUT2D eigenvalue weighted by Crippen LogP contribution is -2.31. The summed E-state index contributed by atoms with van der Waals surface area (Å²) in [4.78, 5) is 28.6. The molecule has 6 heteroatoms. The molecule has 1 heterocycles. The molecule has 0 saturated carbocycles. The van der Waals surface area contributed by atoms with Gasteiger partial charge in [0.25, 0.3) is 0 Å². The van der Waals surface area contributed by atoms with Gasteiger partial charge in [0.15, 0.2) is 0 Å². The first-order valence-corrected chi connectivity index (χ1v) is 10.6. The summed E-state index contributed by atoms with van der Waals surface area (Å²) in [6, 6.07) is 18.1. The molecule has 5 nitrogen and oxygen atoms in total. The van der Waals surface area contributed by atoms with Crippen LogP contribution in [0.1, 0.15) is 30.2 Å². The van der Waals surface area contributed by atoms with Gasteiger partial charge in [0, 0.05) is 30.5 Å². The maximum absolute atomic E-state index is 12.1. The first-order valence-electron chi connectivity index (χ1n) is 9.75. The minimum absolute atomic E-state index is 0.0828. The predicted molar refractivity (Wildman–Crippen MR) is 117 cm³/mol. The molecule has 0 aliphatic carbocycles. The van der Waals surface area contributed by atoms with Gasteiger partial charge in [0.2, 0.25) is 11.8 Å². The molecule has 0 aliphatic heterocycles. The second-order valence-electron chi connectivity index (χ2n) is 6.73. The van der Waals surface area contributed by atoms with E-state index in [4.69, 9.17) is 0 Å². The monoisotopic (exact) mass is 407 g/mol. The molecular weight excluding hydrogens is 382 g/mol. The highest BCUT2D eigenvalue weighted by molar-refractivity contribution is 7.13. The van der Waals surface area contributed by atoms with E-state index in [1.54, 1.807) is 0 Å². The number of nitrogens with one attached hydrogen (secondary N) is 2. The van der Waals surface area contributed by atoms with Gasteiger partial charge in [-0.25, -0.2) is 4.98 Å². The Morgan fingerprint density at radius 3 is 2.41 bits per heavy atom. The van der Waals surface area contributed by atoms with Gasteiger partial charge in [-0.3, -0.25) is 9.59 Å². The Morgan fingerprint density at radius 2 is 1.69 bits per heavy atom. The normalized spacial score (nSPS) is 10.5. The van der Waals surface area contributed by atoms with E-state index in [0.29, 0.717) is 13.1 Å². The fourth-order valence-electron chi connectivity index (χ4n) is 2.83. The van der Waals surface area contributed by atoms with Crippen LogP contribution in [0.2, 0.25) is 0 Å². The molecule has 0 fully saturated rings. The average Bonchev–Trinajstić information content (AvgIpc) is 3.21. The number of hydrogen-bond donors (Lipinski definition) is 2. The fourth-order valence-corrected chi connectivity index (χ4v) is 3.66. The topological polar surface area (TPSA) is 71.1 Å². The third kappa shape index (κ3) is 6.54. The van der Waals surface area contributed by atoms with Gasteiger partial charge in [0.1, 0.15) is 5.01 Å². The number of carbonyl (C=O) groups is 2. The number of aryl methyl sites for hydroxylation is 1. The van der Waals surface area contributed by atoms with Gasteiger partial charge in [-0.15, -0.1) is 11.3 Å². The molecule has 1 aromatic heterocycles. The zero-order valence-corrected chi connectivity index (χ0v) is 17.3. The SMILES string of the molecule is CCc1ccc(-c2nc(CC(=O)NCCC(=O)NCc3ccccc3)cs2)cc1. The van der Waals surface area contributed by atoms with Crippen LogP contribution < -0.4 is 10.6 Å². The summed E-state index contributed by atoms with van der Waals surface area (Å²) in [6.07, 6.45) is 1.48. The van der Waals surface area contributed by atoms with E-state index >= 15 is 0 Å². The van der Waals surface area contributed by atoms with Crippen LogP contribution in [0, 0.1) is 0 Å². The summed E-state index contributed by atoms with van der Waals surface area (Å²) in [5.74, 6) is -0.209. The van der Waals surface area contributed by atoms with Gasteiger partial charge < -0.3 is 10.6 Å². The highest BCUT2D eigenvalue weighted by Crippen LogP contribution is 2.24. The van der Waals surface area contributed by atoms with Crippen LogP contribution in [-0.4, -0.2) is 23.3 Å². The van der Waals surface area contributed by atoms with Crippen LogP contribution in [-0.2, 0) is 29.0 Å². The van der Waals surface area contributed by atoms with Crippen LogP contribution in [0.5, 0.6) is 0 Å². The van der Waals surface area contributed by atoms with Crippen LogP contribution in [0.4, 0.5) is 0 Å². The average molecular weight is 408 g/mol. The second-order valence-corrected chi connectivity index (χ2v) is 7.59. The summed E-state index contributed by atoms with van der Waals surface area (Å²) in [6.45, 7) is 2.94. The molecular formula is C23H25N3O2S. The van der Waals surface area contributed by atoms with Crippen LogP contribution in [0.15, 0.2) is 60.0 Å². The molecule has 2 aromatic carbocycles. The molecule has 0 atom stereocenters. The van der Waals surface area contributed by atoms with E-state index in [-0.39, 0.29) is 24.7 Å². The molecule has 0 saturated heterocycles. The van der Waals surface area contributed by atoms with Gasteiger partial charge in [-0.05, 0) is 17.5 Å². The Bertz CT molecular complexity index is 936. The van der Waals surface area contributed by atoms with E-state index in [0.717, 1.165) is 28.2 Å². The Kier molecular flexibility index (Phi) is 7.53. The number of rotatable bonds is 9. The quantitative estimate of drug-likeness (QED) is 0.568. The zero-order chi connectivity index (χ0) is 20.5. The third-order valence-corrected chi connectivity index (χ3v) is 5.45. The van der Waals surface area contributed by atoms with E-state index in [1.807, 2.05) is 35.7 Å². The van der Waals surface area contributed by atoms with Crippen molar-refractivity contribution >= 4 is 23.2 Å². The molecule has 2 N–H and O–H groups in total. The second kappa shape index (κ2) is 10.5. The molecule has 0 bridgehead atoms. The highest BCUT2D eigenvalue weighted by atomic mass is 32.1. The molecule has 0 radical (unpaired) electrons. The van der Waals surface area contributed by atoms with E-state index < -0.39 is 0 Å². The molecule has 150 valence electrons. The van der Waals surface area contributed by atoms with Crippen molar-refractivity contribution in [1.29, 1.82) is 0 Å². The summed E-state index contributed by atoms with van der Waals surface area (Å²) in [5, 5.41) is 8.46. The standard InChI is InChI=1S/C23H25N3O2S/c1-2-17-8-10-19(11-9-17)23-26-20(16-29-23)14-22(28)24-13-12-21(27)25-15-18-6-4-3-5-7-18/h3-11,16H,2,12-15H2,1H3,(H,24,28)(H,25,27). The van der Waals surface area contributed by atoms with Gasteiger partial charge >= 0.3 is 0 Å². The number of carbonyl (C=O) groups excluding carboxylic acids is 2. The zero-order valence-electron chi connectivity index (χ0n) is 16.5. The van der Waals surface area contributed by atoms with Crippen LogP contribution in [0.3, 0.4) is 0 Å². The number of thiazole rings is 1. The predicted octanol–water partition coefficient (Wildman–Crippen LogP) is 3.74. The lowest BCUT2D eigenvalue weighted by atomic mass is 10.1. The Morgan fingerprint density at radius 1 is 0.931 bits per heavy atom. The van der Waals surface area contributed by atoms with Crippen molar-refractivity contribution in [2.45, 2.75) is 32.7 Å². The third-order valence-electron chi connectivity index (χ3n) is 4.51. The summed E-state index contributed by atoms with van der Waals surface area (Å²) in [5.41, 5.74) is 4.15. The van der Waals surface area contributed by atoms with Crippen molar-refractivity contribution in [3.05, 3.63) is 76.8 Å². The highest BCUT2D eigenvalue weighted by Gasteiger charge is 2.10. The van der Waals surface area contributed by atoms with Crippen molar-refractivity contribution < 1.29 is 9.59 Å². The number of hydrogen-bond acceptors (Lipinski definition) is 4. The van der Waals surface area contributed by atoms with Gasteiger partial charge in [-0.1, -0.05) is 61.5 Å². The molecule has 0 aliphatic rings. The maximum Gasteiger partial charge on any atom is 0.226 e. The van der Waals surface area contributed by atoms with Crippen LogP contribution >= 0.6 is 11.3 Å². The molecule has 29 heavy (non-hydrogen) atoms. The lowest BCUT2D eigenvalue weighted by Gasteiger charge is -2.06. The van der Waals surface area contributed by atoms with Crippen molar-refractivity contribution in [1.82, 2.24) is 15.6 Å². The van der Waals surface area contributed by atoms with Crippen molar-refractivity contribution in [3.8, 4) is 10.6 Å². The molecule has 0 unspecified atom stereocenters. The number of aromatic nitrogens is 1. The Hall–Kier alpha value is -2.99. The van der Waals surface area contributed by atoms with E-state index in [9.17, 15) is 9.59 Å². The van der Waals surface area contributed by atoms with Crippen molar-refractivity contribution in [3.63, 3.8) is 0 Å². The van der Waals surface area contributed by atoms with Gasteiger partial charge in [-0.2, -0.15) is 0 Å². The van der Waals surface area contributed by atoms with E-state index in [2.05, 4.69) is 46.8 Å². The first-order chi connectivity index (χ1) is 14.1. The largest absolute Gasteiger partial charge is 0.355 e. The first kappa shape index (κ1) is 20.7. The Balaban J connectivity index is 1.39. The molecule has 0 spiro atoms. The molecule has 2 amide bonds. The number of nitrogens with zero attached hydrogens (tertiary/aromatic N) is 1. The summed E-state index contributed by atoms with van der Waals surface area (Å²) in [7, 11) is 0. The van der Waals surface area contributed by atoms with Gasteiger partial charge in [0.05, 0.1) is 12.1 Å². The lowest BCUT2D eigenvalue weighted by molar-refractivity contribution is -0.122. The van der Waals surface area contributed by atoms with E-state index in [1.165, 1.54) is 16.9 Å². The van der Waals surface area contributed by atoms with Crippen molar-refractivity contribution in [2.24, 2.45) is 0 Å². The van der Waals surface area contributed by atoms with Crippen LogP contribution in [0.25, 0.3) is 10.6 Å². The maximum atomic E-state index is 12.1. The van der Waals surface area contributed by atoms with Crippen molar-refractivity contribution in [2.75, 3.05) is 6.54 Å². The minimum atomic E-state index is -0.126. The summed E-state index contributed by atoms with van der Waals surface area (Å²) < 4.78 is 0. The molecule has 3 aromatic rings. The molecule has 3 rings (SSSR count). The number of benzene rings is 2. The fraction of sp³-hybridized carbons (Fsp3) is 0.261.